The van der Waals surface area contributed by atoms with Gasteiger partial charge in [-0.2, -0.15) is 9.61 Å². The van der Waals surface area contributed by atoms with E-state index in [-0.39, 0.29) is 18.7 Å². The number of likely N-dealkylation sites (tertiary alicyclic amines) is 1. The first kappa shape index (κ1) is 27.1. The predicted molar refractivity (Wildman–Crippen MR) is 157 cm³/mol. The molecule has 1 fully saturated rings. The van der Waals surface area contributed by atoms with E-state index in [2.05, 4.69) is 22.3 Å². The van der Waals surface area contributed by atoms with Crippen LogP contribution < -0.4 is 15.4 Å². The Morgan fingerprint density at radius 3 is 2.70 bits per heavy atom. The highest BCUT2D eigenvalue weighted by molar-refractivity contribution is 5.70. The topological polar surface area (TPSA) is 93.0 Å². The highest BCUT2D eigenvalue weighted by Gasteiger charge is 2.32. The van der Waals surface area contributed by atoms with E-state index in [1.165, 1.54) is 0 Å². The summed E-state index contributed by atoms with van der Waals surface area (Å²) in [6.07, 6.45) is 5.06. The van der Waals surface area contributed by atoms with Crippen LogP contribution in [0.25, 0.3) is 5.65 Å². The molecule has 40 heavy (non-hydrogen) atoms. The second kappa shape index (κ2) is 12.5. The smallest absolute Gasteiger partial charge is 0.410 e. The van der Waals surface area contributed by atoms with Crippen molar-refractivity contribution in [3.05, 3.63) is 90.6 Å². The van der Waals surface area contributed by atoms with Crippen LogP contribution in [-0.4, -0.2) is 51.3 Å². The summed E-state index contributed by atoms with van der Waals surface area (Å²) in [6.45, 7) is 9.98. The van der Waals surface area contributed by atoms with E-state index >= 15 is 0 Å². The van der Waals surface area contributed by atoms with Crippen LogP contribution >= 0.6 is 0 Å². The van der Waals surface area contributed by atoms with Gasteiger partial charge < -0.3 is 25.0 Å². The fourth-order valence-electron chi connectivity index (χ4n) is 5.06. The van der Waals surface area contributed by atoms with E-state index < -0.39 is 0 Å². The number of nitrogens with zero attached hydrogens (tertiary/aromatic N) is 4. The fraction of sp³-hybridized carbons (Fsp3) is 0.323. The molecule has 9 heteroatoms. The van der Waals surface area contributed by atoms with Crippen LogP contribution in [0.15, 0.2) is 79.5 Å². The lowest BCUT2D eigenvalue weighted by Crippen LogP contribution is -2.50. The van der Waals surface area contributed by atoms with Crippen molar-refractivity contribution in [2.45, 2.75) is 39.3 Å². The number of aromatic nitrogens is 3. The van der Waals surface area contributed by atoms with Gasteiger partial charge in [-0.1, -0.05) is 36.4 Å². The van der Waals surface area contributed by atoms with E-state index in [0.717, 1.165) is 52.7 Å². The molecule has 0 aliphatic carbocycles. The number of rotatable bonds is 10. The number of ether oxygens (including phenoxy) is 2. The van der Waals surface area contributed by atoms with Crippen molar-refractivity contribution in [1.29, 1.82) is 0 Å². The van der Waals surface area contributed by atoms with Gasteiger partial charge in [0.05, 0.1) is 12.8 Å². The summed E-state index contributed by atoms with van der Waals surface area (Å²) in [7, 11) is 0. The molecular formula is C31H36N6O3. The van der Waals surface area contributed by atoms with Gasteiger partial charge in [0.25, 0.3) is 0 Å². The Morgan fingerprint density at radius 1 is 1.15 bits per heavy atom. The number of hydrogen-bond acceptors (Lipinski definition) is 7. The lowest BCUT2D eigenvalue weighted by atomic mass is 9.88. The maximum atomic E-state index is 13.0. The molecule has 2 N–H and O–H groups in total. The second-order valence-corrected chi connectivity index (χ2v) is 9.93. The quantitative estimate of drug-likeness (QED) is 0.232. The molecule has 4 aromatic rings. The van der Waals surface area contributed by atoms with E-state index in [1.807, 2.05) is 80.6 Å². The molecule has 2 atom stereocenters. The molecule has 2 aromatic carbocycles. The third-order valence-corrected chi connectivity index (χ3v) is 7.21. The lowest BCUT2D eigenvalue weighted by molar-refractivity contribution is 0.0792. The molecule has 3 heterocycles. The molecule has 0 spiro atoms. The van der Waals surface area contributed by atoms with Gasteiger partial charge in [-0.15, -0.1) is 6.58 Å². The van der Waals surface area contributed by atoms with Gasteiger partial charge in [0.15, 0.2) is 5.65 Å². The summed E-state index contributed by atoms with van der Waals surface area (Å²) in [5, 5.41) is 11.7. The van der Waals surface area contributed by atoms with Gasteiger partial charge in [0.2, 0.25) is 0 Å². The van der Waals surface area contributed by atoms with Crippen LogP contribution in [0.5, 0.6) is 5.75 Å². The minimum atomic E-state index is -0.304. The summed E-state index contributed by atoms with van der Waals surface area (Å²) in [5.74, 6) is 2.70. The maximum absolute atomic E-state index is 13.0. The Bertz CT molecular complexity index is 1440. The minimum absolute atomic E-state index is 0.0223. The Labute approximate surface area is 234 Å². The Kier molecular flexibility index (Phi) is 8.49. The van der Waals surface area contributed by atoms with Crippen LogP contribution in [-0.2, 0) is 11.3 Å². The van der Waals surface area contributed by atoms with Crippen molar-refractivity contribution in [2.24, 2.45) is 5.92 Å². The van der Waals surface area contributed by atoms with Gasteiger partial charge in [-0.25, -0.2) is 9.78 Å². The third kappa shape index (κ3) is 6.20. The molecule has 1 aliphatic heterocycles. The van der Waals surface area contributed by atoms with Crippen molar-refractivity contribution in [3.63, 3.8) is 0 Å². The molecule has 1 saturated heterocycles. The lowest BCUT2D eigenvalue weighted by Gasteiger charge is -2.38. The molecule has 208 valence electrons. The van der Waals surface area contributed by atoms with Crippen LogP contribution in [0.4, 0.5) is 22.1 Å². The third-order valence-electron chi connectivity index (χ3n) is 7.21. The number of anilines is 3. The molecule has 2 unspecified atom stereocenters. The van der Waals surface area contributed by atoms with E-state index in [1.54, 1.807) is 15.6 Å². The van der Waals surface area contributed by atoms with Crippen LogP contribution in [0, 0.1) is 12.8 Å². The van der Waals surface area contributed by atoms with Gasteiger partial charge in [-0.3, -0.25) is 0 Å². The zero-order valence-corrected chi connectivity index (χ0v) is 23.0. The molecule has 0 bridgehead atoms. The zero-order valence-electron chi connectivity index (χ0n) is 23.0. The number of nitrogens with one attached hydrogen (secondary N) is 2. The van der Waals surface area contributed by atoms with Crippen LogP contribution in [0.1, 0.15) is 30.9 Å². The minimum Gasteiger partial charge on any atom is -0.494 e. The van der Waals surface area contributed by atoms with Gasteiger partial charge in [-0.05, 0) is 62.4 Å². The number of hydrogen-bond donors (Lipinski definition) is 2. The Balaban J connectivity index is 1.35. The summed E-state index contributed by atoms with van der Waals surface area (Å²) >= 11 is 0. The first-order valence-corrected chi connectivity index (χ1v) is 13.7. The predicted octanol–water partition coefficient (Wildman–Crippen LogP) is 6.20. The number of piperidine rings is 1. The van der Waals surface area contributed by atoms with Crippen molar-refractivity contribution < 1.29 is 14.3 Å². The first-order valence-electron chi connectivity index (χ1n) is 13.7. The zero-order chi connectivity index (χ0) is 27.9. The molecule has 1 aliphatic rings. The van der Waals surface area contributed by atoms with Gasteiger partial charge >= 0.3 is 6.09 Å². The Hall–Kier alpha value is -4.53. The summed E-state index contributed by atoms with van der Waals surface area (Å²) < 4.78 is 13.0. The second-order valence-electron chi connectivity index (χ2n) is 9.93. The molecule has 0 radical (unpaired) electrons. The van der Waals surface area contributed by atoms with Gasteiger partial charge in [0.1, 0.15) is 24.0 Å². The monoisotopic (exact) mass is 540 g/mol. The van der Waals surface area contributed by atoms with Crippen LogP contribution in [0.2, 0.25) is 0 Å². The molecular weight excluding hydrogens is 504 g/mol. The first-order chi connectivity index (χ1) is 19.6. The summed E-state index contributed by atoms with van der Waals surface area (Å²) in [6, 6.07) is 19.4. The molecule has 5 rings (SSSR count). The van der Waals surface area contributed by atoms with E-state index in [4.69, 9.17) is 14.5 Å². The number of fused-ring (bicyclic) bond motifs is 1. The fourth-order valence-corrected chi connectivity index (χ4v) is 5.06. The average Bonchev–Trinajstić information content (AvgIpc) is 3.45. The van der Waals surface area contributed by atoms with Crippen molar-refractivity contribution in [1.82, 2.24) is 19.5 Å². The molecule has 9 nitrogen and oxygen atoms in total. The normalized spacial score (nSPS) is 16.9. The maximum Gasteiger partial charge on any atom is 0.410 e. The number of carbonyl (C=O) groups is 1. The summed E-state index contributed by atoms with van der Waals surface area (Å²) in [5.41, 5.74) is 3.52. The summed E-state index contributed by atoms with van der Waals surface area (Å²) in [4.78, 5) is 19.6. The van der Waals surface area contributed by atoms with Crippen LogP contribution in [0.3, 0.4) is 0 Å². The molecule has 1 amide bonds. The van der Waals surface area contributed by atoms with Crippen molar-refractivity contribution >= 4 is 29.1 Å². The number of benzene rings is 2. The van der Waals surface area contributed by atoms with E-state index in [0.29, 0.717) is 25.6 Å². The largest absolute Gasteiger partial charge is 0.494 e. The van der Waals surface area contributed by atoms with Gasteiger partial charge in [0, 0.05) is 36.4 Å². The number of carbonyl (C=O) groups excluding carboxylic acids is 1. The molecule has 0 saturated carbocycles. The highest BCUT2D eigenvalue weighted by atomic mass is 16.6. The number of allylic oxidation sites excluding steroid dienone is 1. The SMILES string of the molecule is C=CCC1CCN(C(=O)OCc2ccccc2)CC1Nc1nc2ccnn2c(Nc2ccc(OCC)cc2)c1C. The average molecular weight is 541 g/mol. The van der Waals surface area contributed by atoms with Crippen molar-refractivity contribution in [3.8, 4) is 5.75 Å². The Morgan fingerprint density at radius 2 is 1.95 bits per heavy atom. The highest BCUT2D eigenvalue weighted by Crippen LogP contribution is 2.31. The van der Waals surface area contributed by atoms with E-state index in [9.17, 15) is 4.79 Å². The standard InChI is InChI=1S/C31H36N6O3/c1-4-9-24-17-19-36(31(38)40-21-23-10-7-6-8-11-23)20-27(24)34-29-22(3)30(37-28(35-29)16-18-32-37)33-25-12-14-26(15-13-25)39-5-2/h4,6-8,10-16,18,24,27,33H,1,5,9,17,19-21H2,2-3H3,(H,34,35). The number of amides is 1. The molecule has 2 aromatic heterocycles. The van der Waals surface area contributed by atoms with Crippen molar-refractivity contribution in [2.75, 3.05) is 30.3 Å².